The zero-order valence-corrected chi connectivity index (χ0v) is 13.7. The highest BCUT2D eigenvalue weighted by atomic mass is 79.9. The average molecular weight is 364 g/mol. The Morgan fingerprint density at radius 2 is 1.68 bits per heavy atom. The van der Waals surface area contributed by atoms with Crippen LogP contribution in [0.15, 0.2) is 59.1 Å². The summed E-state index contributed by atoms with van der Waals surface area (Å²) < 4.78 is 12.0. The van der Waals surface area contributed by atoms with Gasteiger partial charge in [0, 0.05) is 4.47 Å². The van der Waals surface area contributed by atoms with Gasteiger partial charge in [0.1, 0.15) is 18.1 Å². The summed E-state index contributed by atoms with van der Waals surface area (Å²) in [6.45, 7) is 1.26. The van der Waals surface area contributed by atoms with Crippen molar-refractivity contribution in [3.05, 3.63) is 59.1 Å². The van der Waals surface area contributed by atoms with E-state index in [0.29, 0.717) is 26.2 Å². The van der Waals surface area contributed by atoms with Crippen LogP contribution in [-0.4, -0.2) is 25.7 Å². The molecule has 0 spiro atoms. The van der Waals surface area contributed by atoms with E-state index >= 15 is 0 Å². The molecule has 0 atom stereocenters. The largest absolute Gasteiger partial charge is 0.493 e. The van der Waals surface area contributed by atoms with Crippen LogP contribution in [-0.2, 0) is 4.79 Å². The number of halogens is 1. The van der Waals surface area contributed by atoms with E-state index in [1.807, 2.05) is 54.6 Å². The Morgan fingerprint density at radius 3 is 2.45 bits per heavy atom. The predicted octanol–water partition coefficient (Wildman–Crippen LogP) is 3.41. The zero-order valence-electron chi connectivity index (χ0n) is 12.1. The number of ether oxygens (including phenoxy) is 2. The van der Waals surface area contributed by atoms with Crippen LogP contribution in [0.5, 0.6) is 11.5 Å². The van der Waals surface area contributed by atoms with Crippen LogP contribution in [0.2, 0.25) is 0 Å². The number of hydrogen-bond acceptors (Lipinski definition) is 3. The molecule has 0 aromatic heterocycles. The smallest absolute Gasteiger partial charge is 0.223 e. The van der Waals surface area contributed by atoms with Crippen molar-refractivity contribution in [2.45, 2.75) is 6.42 Å². The molecule has 5 heteroatoms. The van der Waals surface area contributed by atoms with Crippen LogP contribution >= 0.6 is 15.9 Å². The maximum atomic E-state index is 11.6. The number of amides is 1. The molecule has 0 bridgehead atoms. The third kappa shape index (κ3) is 6.18. The van der Waals surface area contributed by atoms with Gasteiger partial charge >= 0.3 is 0 Å². The van der Waals surface area contributed by atoms with E-state index in [1.165, 1.54) is 0 Å². The van der Waals surface area contributed by atoms with Crippen LogP contribution in [0.25, 0.3) is 0 Å². The molecule has 0 unspecified atom stereocenters. The van der Waals surface area contributed by atoms with Crippen molar-refractivity contribution in [3.63, 3.8) is 0 Å². The monoisotopic (exact) mass is 363 g/mol. The second-order valence-electron chi connectivity index (χ2n) is 4.57. The van der Waals surface area contributed by atoms with Crippen molar-refractivity contribution in [3.8, 4) is 11.5 Å². The highest BCUT2D eigenvalue weighted by Crippen LogP contribution is 2.17. The van der Waals surface area contributed by atoms with E-state index in [-0.39, 0.29) is 5.91 Å². The van der Waals surface area contributed by atoms with Gasteiger partial charge in [-0.2, -0.15) is 0 Å². The quantitative estimate of drug-likeness (QED) is 0.731. The van der Waals surface area contributed by atoms with E-state index < -0.39 is 0 Å². The summed E-state index contributed by atoms with van der Waals surface area (Å²) >= 11 is 3.38. The van der Waals surface area contributed by atoms with Crippen molar-refractivity contribution >= 4 is 21.8 Å². The van der Waals surface area contributed by atoms with Crippen LogP contribution in [0.1, 0.15) is 6.42 Å². The molecule has 0 heterocycles. The van der Waals surface area contributed by atoms with Crippen molar-refractivity contribution in [2.24, 2.45) is 0 Å². The lowest BCUT2D eigenvalue weighted by Crippen LogP contribution is -2.29. The minimum Gasteiger partial charge on any atom is -0.493 e. The topological polar surface area (TPSA) is 47.6 Å². The second-order valence-corrected chi connectivity index (χ2v) is 5.48. The Hall–Kier alpha value is -2.01. The summed E-state index contributed by atoms with van der Waals surface area (Å²) in [7, 11) is 0. The minimum atomic E-state index is -0.0474. The molecule has 0 aliphatic carbocycles. The van der Waals surface area contributed by atoms with Crippen molar-refractivity contribution in [1.82, 2.24) is 5.32 Å². The first-order valence-electron chi connectivity index (χ1n) is 7.07. The van der Waals surface area contributed by atoms with Gasteiger partial charge in [0.15, 0.2) is 0 Å². The van der Waals surface area contributed by atoms with Gasteiger partial charge in [-0.05, 0) is 30.3 Å². The summed E-state index contributed by atoms with van der Waals surface area (Å²) in [5, 5.41) is 2.80. The fraction of sp³-hybridized carbons (Fsp3) is 0.235. The lowest BCUT2D eigenvalue weighted by atomic mass is 10.3. The molecule has 1 N–H and O–H groups in total. The standard InChI is InChI=1S/C17H18BrNO3/c18-14-5-4-8-16(13-14)22-12-10-19-17(20)9-11-21-15-6-2-1-3-7-15/h1-8,13H,9-12H2,(H,19,20). The molecule has 116 valence electrons. The third-order valence-corrected chi connectivity index (χ3v) is 3.32. The van der Waals surface area contributed by atoms with Crippen LogP contribution < -0.4 is 14.8 Å². The highest BCUT2D eigenvalue weighted by molar-refractivity contribution is 9.10. The summed E-state index contributed by atoms with van der Waals surface area (Å²) in [5.41, 5.74) is 0. The molecule has 0 aliphatic rings. The summed E-state index contributed by atoms with van der Waals surface area (Å²) in [6, 6.07) is 17.0. The van der Waals surface area contributed by atoms with E-state index in [9.17, 15) is 4.79 Å². The maximum absolute atomic E-state index is 11.6. The number of nitrogens with one attached hydrogen (secondary N) is 1. The van der Waals surface area contributed by atoms with Gasteiger partial charge < -0.3 is 14.8 Å². The first kappa shape index (κ1) is 16.4. The molecular weight excluding hydrogens is 346 g/mol. The van der Waals surface area contributed by atoms with Crippen molar-refractivity contribution < 1.29 is 14.3 Å². The molecule has 0 saturated heterocycles. The average Bonchev–Trinajstić information content (AvgIpc) is 2.53. The lowest BCUT2D eigenvalue weighted by Gasteiger charge is -2.09. The van der Waals surface area contributed by atoms with Gasteiger partial charge in [-0.15, -0.1) is 0 Å². The predicted molar refractivity (Wildman–Crippen MR) is 89.2 cm³/mol. The van der Waals surface area contributed by atoms with Gasteiger partial charge in [0.05, 0.1) is 19.6 Å². The number of carbonyl (C=O) groups excluding carboxylic acids is 1. The highest BCUT2D eigenvalue weighted by Gasteiger charge is 2.02. The lowest BCUT2D eigenvalue weighted by molar-refractivity contribution is -0.121. The number of carbonyl (C=O) groups is 1. The third-order valence-electron chi connectivity index (χ3n) is 2.83. The van der Waals surface area contributed by atoms with Crippen molar-refractivity contribution in [2.75, 3.05) is 19.8 Å². The van der Waals surface area contributed by atoms with E-state index in [4.69, 9.17) is 9.47 Å². The zero-order chi connectivity index (χ0) is 15.6. The van der Waals surface area contributed by atoms with E-state index in [0.717, 1.165) is 16.0 Å². The van der Waals surface area contributed by atoms with Gasteiger partial charge in [-0.25, -0.2) is 0 Å². The van der Waals surface area contributed by atoms with Gasteiger partial charge in [0.2, 0.25) is 5.91 Å². The van der Waals surface area contributed by atoms with Gasteiger partial charge in [-0.3, -0.25) is 4.79 Å². The SMILES string of the molecule is O=C(CCOc1ccccc1)NCCOc1cccc(Br)c1. The Bertz CT molecular complexity index is 589. The Balaban J connectivity index is 1.56. The molecule has 0 radical (unpaired) electrons. The Morgan fingerprint density at radius 1 is 0.955 bits per heavy atom. The Kier molecular flexibility index (Phi) is 6.77. The number of para-hydroxylation sites is 1. The fourth-order valence-corrected chi connectivity index (χ4v) is 2.16. The minimum absolute atomic E-state index is 0.0474. The number of rotatable bonds is 8. The van der Waals surface area contributed by atoms with Crippen molar-refractivity contribution in [1.29, 1.82) is 0 Å². The molecule has 2 aromatic carbocycles. The molecule has 1 amide bonds. The van der Waals surface area contributed by atoms with Crippen LogP contribution in [0.3, 0.4) is 0 Å². The molecule has 22 heavy (non-hydrogen) atoms. The Labute approximate surface area is 138 Å². The normalized spacial score (nSPS) is 10.0. The molecule has 2 aromatic rings. The summed E-state index contributed by atoms with van der Waals surface area (Å²) in [4.78, 5) is 11.6. The van der Waals surface area contributed by atoms with Crippen LogP contribution in [0, 0.1) is 0 Å². The second kappa shape index (κ2) is 9.10. The van der Waals surface area contributed by atoms with E-state index in [1.54, 1.807) is 0 Å². The van der Waals surface area contributed by atoms with Gasteiger partial charge in [0.25, 0.3) is 0 Å². The molecular formula is C17H18BrNO3. The molecule has 0 aliphatic heterocycles. The summed E-state index contributed by atoms with van der Waals surface area (Å²) in [6.07, 6.45) is 0.325. The van der Waals surface area contributed by atoms with Gasteiger partial charge in [-0.1, -0.05) is 40.2 Å². The van der Waals surface area contributed by atoms with E-state index in [2.05, 4.69) is 21.2 Å². The first-order chi connectivity index (χ1) is 10.7. The molecule has 0 fully saturated rings. The molecule has 4 nitrogen and oxygen atoms in total. The molecule has 0 saturated carbocycles. The number of hydrogen-bond donors (Lipinski definition) is 1. The molecule has 2 rings (SSSR count). The first-order valence-corrected chi connectivity index (χ1v) is 7.86. The summed E-state index contributed by atoms with van der Waals surface area (Å²) in [5.74, 6) is 1.50. The fourth-order valence-electron chi connectivity index (χ4n) is 1.78. The maximum Gasteiger partial charge on any atom is 0.223 e. The van der Waals surface area contributed by atoms with Crippen LogP contribution in [0.4, 0.5) is 0 Å². The number of benzene rings is 2.